The molecular weight excluding hydrogens is 328 g/mol. The number of sulfone groups is 1. The van der Waals surface area contributed by atoms with Gasteiger partial charge in [0.25, 0.3) is 5.91 Å². The van der Waals surface area contributed by atoms with Crippen molar-refractivity contribution in [3.05, 3.63) is 30.3 Å². The molecule has 24 heavy (non-hydrogen) atoms. The Kier molecular flexibility index (Phi) is 5.99. The molecule has 1 aromatic rings. The van der Waals surface area contributed by atoms with Crippen molar-refractivity contribution >= 4 is 21.7 Å². The molecule has 7 heteroatoms. The highest BCUT2D eigenvalue weighted by atomic mass is 32.2. The van der Waals surface area contributed by atoms with Crippen molar-refractivity contribution in [2.24, 2.45) is 0 Å². The summed E-state index contributed by atoms with van der Waals surface area (Å²) < 4.78 is 24.4. The quantitative estimate of drug-likeness (QED) is 0.745. The van der Waals surface area contributed by atoms with Crippen LogP contribution in [0.3, 0.4) is 0 Å². The van der Waals surface area contributed by atoms with Crippen molar-refractivity contribution in [1.82, 2.24) is 9.80 Å². The number of piperazine rings is 1. The minimum atomic E-state index is -3.46. The average molecular weight is 348 g/mol. The van der Waals surface area contributed by atoms with Gasteiger partial charge in [-0.1, -0.05) is 24.1 Å². The van der Waals surface area contributed by atoms with Gasteiger partial charge in [-0.15, -0.1) is 0 Å². The van der Waals surface area contributed by atoms with Crippen LogP contribution in [0.25, 0.3) is 0 Å². The second-order valence-corrected chi connectivity index (χ2v) is 7.54. The monoisotopic (exact) mass is 348 g/mol. The summed E-state index contributed by atoms with van der Waals surface area (Å²) in [6, 6.07) is 8.11. The highest BCUT2D eigenvalue weighted by molar-refractivity contribution is 7.91. The molecule has 0 aromatic heterocycles. The molecule has 2 rings (SSSR count). The summed E-state index contributed by atoms with van der Waals surface area (Å²) in [6.45, 7) is 3.25. The Morgan fingerprint density at radius 1 is 1.04 bits per heavy atom. The van der Waals surface area contributed by atoms with Crippen molar-refractivity contribution < 1.29 is 18.0 Å². The molecule has 1 aromatic carbocycles. The second kappa shape index (κ2) is 7.97. The Hall–Kier alpha value is -2.33. The van der Waals surface area contributed by atoms with Gasteiger partial charge in [0.1, 0.15) is 0 Å². The summed E-state index contributed by atoms with van der Waals surface area (Å²) in [5.41, 5.74) is 0. The van der Waals surface area contributed by atoms with Gasteiger partial charge in [0.2, 0.25) is 5.91 Å². The van der Waals surface area contributed by atoms with E-state index in [1.54, 1.807) is 34.9 Å². The van der Waals surface area contributed by atoms with Crippen LogP contribution in [0.15, 0.2) is 35.2 Å². The van der Waals surface area contributed by atoms with Crippen LogP contribution in [0.1, 0.15) is 13.3 Å². The summed E-state index contributed by atoms with van der Waals surface area (Å²) in [5.74, 6) is 4.38. The van der Waals surface area contributed by atoms with Crippen molar-refractivity contribution in [1.29, 1.82) is 0 Å². The highest BCUT2D eigenvalue weighted by Gasteiger charge is 2.24. The molecule has 0 unspecified atom stereocenters. The lowest BCUT2D eigenvalue weighted by Crippen LogP contribution is -2.50. The maximum Gasteiger partial charge on any atom is 0.298 e. The Labute approximate surface area is 142 Å². The summed E-state index contributed by atoms with van der Waals surface area (Å²) in [5, 5.41) is 0. The van der Waals surface area contributed by atoms with Gasteiger partial charge in [-0.2, -0.15) is 0 Å². The van der Waals surface area contributed by atoms with Gasteiger partial charge in [-0.3, -0.25) is 9.59 Å². The second-order valence-electron chi connectivity index (χ2n) is 5.43. The van der Waals surface area contributed by atoms with Gasteiger partial charge in [-0.05, 0) is 25.0 Å². The third-order valence-electron chi connectivity index (χ3n) is 3.84. The van der Waals surface area contributed by atoms with Gasteiger partial charge in [0.05, 0.1) is 10.6 Å². The summed E-state index contributed by atoms with van der Waals surface area (Å²) in [7, 11) is -3.46. The predicted molar refractivity (Wildman–Crippen MR) is 89.7 cm³/mol. The molecule has 0 bridgehead atoms. The van der Waals surface area contributed by atoms with E-state index < -0.39 is 9.84 Å². The molecule has 0 N–H and O–H groups in total. The van der Waals surface area contributed by atoms with E-state index in [1.807, 2.05) is 0 Å². The molecule has 0 atom stereocenters. The van der Waals surface area contributed by atoms with Gasteiger partial charge in [-0.25, -0.2) is 8.42 Å². The van der Waals surface area contributed by atoms with Crippen LogP contribution in [0.5, 0.6) is 0 Å². The zero-order chi connectivity index (χ0) is 17.6. The van der Waals surface area contributed by atoms with Gasteiger partial charge in [0.15, 0.2) is 9.84 Å². The molecule has 0 spiro atoms. The van der Waals surface area contributed by atoms with E-state index in [-0.39, 0.29) is 28.9 Å². The normalized spacial score (nSPS) is 14.7. The van der Waals surface area contributed by atoms with Crippen molar-refractivity contribution in [3.63, 3.8) is 0 Å². The Balaban J connectivity index is 1.86. The third kappa shape index (κ3) is 4.59. The molecule has 0 radical (unpaired) electrons. The van der Waals surface area contributed by atoms with Gasteiger partial charge in [0, 0.05) is 32.6 Å². The molecule has 2 amide bonds. The molecule has 0 aliphatic carbocycles. The fourth-order valence-corrected chi connectivity index (χ4v) is 3.72. The number of hydrogen-bond acceptors (Lipinski definition) is 4. The fraction of sp³-hybridized carbons (Fsp3) is 0.412. The third-order valence-corrected chi connectivity index (χ3v) is 5.57. The largest absolute Gasteiger partial charge is 0.339 e. The van der Waals surface area contributed by atoms with Crippen LogP contribution in [-0.2, 0) is 19.4 Å². The summed E-state index contributed by atoms with van der Waals surface area (Å²) in [6.07, 6.45) is -0.0556. The minimum Gasteiger partial charge on any atom is -0.339 e. The first kappa shape index (κ1) is 18.0. The highest BCUT2D eigenvalue weighted by Crippen LogP contribution is 2.12. The smallest absolute Gasteiger partial charge is 0.298 e. The standard InChI is InChI=1S/C17H20N2O4S/c1-2-6-16(20)18-10-12-19(13-11-18)17(21)9-14-24(22,23)15-7-4-3-5-8-15/h3-5,7-8H,9-14H2,1H3. The number of benzene rings is 1. The zero-order valence-corrected chi connectivity index (χ0v) is 14.4. The Bertz CT molecular complexity index is 755. The van der Waals surface area contributed by atoms with E-state index in [9.17, 15) is 18.0 Å². The van der Waals surface area contributed by atoms with E-state index >= 15 is 0 Å². The predicted octanol–water partition coefficient (Wildman–Crippen LogP) is 0.544. The van der Waals surface area contributed by atoms with E-state index in [0.29, 0.717) is 26.2 Å². The number of carbonyl (C=O) groups excluding carboxylic acids is 2. The number of rotatable bonds is 4. The first-order valence-electron chi connectivity index (χ1n) is 7.71. The van der Waals surface area contributed by atoms with Crippen LogP contribution in [0.4, 0.5) is 0 Å². The van der Waals surface area contributed by atoms with Crippen LogP contribution >= 0.6 is 0 Å². The number of nitrogens with zero attached hydrogens (tertiary/aromatic N) is 2. The van der Waals surface area contributed by atoms with Gasteiger partial charge >= 0.3 is 0 Å². The fourth-order valence-electron chi connectivity index (χ4n) is 2.47. The first-order valence-corrected chi connectivity index (χ1v) is 9.36. The number of hydrogen-bond donors (Lipinski definition) is 0. The van der Waals surface area contributed by atoms with Crippen LogP contribution < -0.4 is 0 Å². The lowest BCUT2D eigenvalue weighted by molar-refractivity contribution is -0.136. The van der Waals surface area contributed by atoms with E-state index in [0.717, 1.165) is 0 Å². The topological polar surface area (TPSA) is 74.8 Å². The maximum atomic E-state index is 12.2. The van der Waals surface area contributed by atoms with Crippen LogP contribution in [-0.4, -0.2) is 62.0 Å². The molecule has 1 heterocycles. The van der Waals surface area contributed by atoms with Crippen molar-refractivity contribution in [2.45, 2.75) is 18.2 Å². The number of carbonyl (C=O) groups is 2. The summed E-state index contributed by atoms with van der Waals surface area (Å²) >= 11 is 0. The molecule has 6 nitrogen and oxygen atoms in total. The summed E-state index contributed by atoms with van der Waals surface area (Å²) in [4.78, 5) is 27.3. The van der Waals surface area contributed by atoms with Crippen molar-refractivity contribution in [2.75, 3.05) is 31.9 Å². The van der Waals surface area contributed by atoms with E-state index in [1.165, 1.54) is 12.1 Å². The molecule has 1 fully saturated rings. The van der Waals surface area contributed by atoms with Crippen LogP contribution in [0, 0.1) is 11.8 Å². The first-order chi connectivity index (χ1) is 11.4. The molecule has 1 saturated heterocycles. The lowest BCUT2D eigenvalue weighted by Gasteiger charge is -2.33. The molecular formula is C17H20N2O4S. The number of amides is 2. The minimum absolute atomic E-state index is 0.0556. The van der Waals surface area contributed by atoms with E-state index in [2.05, 4.69) is 11.8 Å². The average Bonchev–Trinajstić information content (AvgIpc) is 2.61. The van der Waals surface area contributed by atoms with Crippen molar-refractivity contribution in [3.8, 4) is 11.8 Å². The van der Waals surface area contributed by atoms with Gasteiger partial charge < -0.3 is 9.80 Å². The Morgan fingerprint density at radius 3 is 2.21 bits per heavy atom. The maximum absolute atomic E-state index is 12.2. The molecule has 0 saturated carbocycles. The molecule has 1 aliphatic heterocycles. The molecule has 128 valence electrons. The molecule has 1 aliphatic rings. The SMILES string of the molecule is CC#CC(=O)N1CCN(C(=O)CCS(=O)(=O)c2ccccc2)CC1. The van der Waals surface area contributed by atoms with Crippen LogP contribution in [0.2, 0.25) is 0 Å². The lowest BCUT2D eigenvalue weighted by atomic mass is 10.3. The van der Waals surface area contributed by atoms with E-state index in [4.69, 9.17) is 0 Å². The zero-order valence-electron chi connectivity index (χ0n) is 13.6. The Morgan fingerprint density at radius 2 is 1.62 bits per heavy atom.